The number of nitrogens with zero attached hydrogens (tertiary/aromatic N) is 1. The Bertz CT molecular complexity index is 346. The average Bonchev–Trinajstić information content (AvgIpc) is 2.04. The van der Waals surface area contributed by atoms with Gasteiger partial charge in [0.1, 0.15) is 0 Å². The number of amides is 1. The third-order valence-corrected chi connectivity index (χ3v) is 5.07. The summed E-state index contributed by atoms with van der Waals surface area (Å²) in [5.74, 6) is -0.390. The zero-order chi connectivity index (χ0) is 11.1. The lowest BCUT2D eigenvalue weighted by Gasteiger charge is -2.46. The van der Waals surface area contributed by atoms with Gasteiger partial charge in [0.25, 0.3) is 15.9 Å². The molecule has 0 aliphatic carbocycles. The van der Waals surface area contributed by atoms with Gasteiger partial charge in [0.15, 0.2) is 4.75 Å². The van der Waals surface area contributed by atoms with Gasteiger partial charge in [0.05, 0.1) is 0 Å². The maximum atomic E-state index is 11.6. The molecule has 82 valence electrons. The van der Waals surface area contributed by atoms with Gasteiger partial charge in [-0.2, -0.15) is 0 Å². The van der Waals surface area contributed by atoms with Crippen LogP contribution in [0.15, 0.2) is 0 Å². The van der Waals surface area contributed by atoms with Crippen molar-refractivity contribution in [3.8, 4) is 0 Å². The number of carbonyl (C=O) groups is 1. The summed E-state index contributed by atoms with van der Waals surface area (Å²) in [5, 5.41) is 8.66. The van der Waals surface area contributed by atoms with Crippen molar-refractivity contribution in [2.75, 3.05) is 6.61 Å². The zero-order valence-electron chi connectivity index (χ0n) is 8.52. The van der Waals surface area contributed by atoms with Crippen molar-refractivity contribution in [2.45, 2.75) is 38.0 Å². The van der Waals surface area contributed by atoms with Crippen LogP contribution in [-0.2, 0) is 14.8 Å². The summed E-state index contributed by atoms with van der Waals surface area (Å²) >= 11 is 0. The van der Waals surface area contributed by atoms with Gasteiger partial charge in [-0.15, -0.1) is 0 Å². The highest BCUT2D eigenvalue weighted by Gasteiger charge is 2.61. The first kappa shape index (κ1) is 11.5. The molecule has 1 aliphatic heterocycles. The Morgan fingerprint density at radius 2 is 2.00 bits per heavy atom. The van der Waals surface area contributed by atoms with Gasteiger partial charge in [-0.25, -0.2) is 12.7 Å². The minimum atomic E-state index is -3.50. The van der Waals surface area contributed by atoms with Crippen molar-refractivity contribution in [1.29, 1.82) is 0 Å². The van der Waals surface area contributed by atoms with Gasteiger partial charge >= 0.3 is 0 Å². The molecular formula is C8H15NO4S. The van der Waals surface area contributed by atoms with Crippen LogP contribution in [0.25, 0.3) is 0 Å². The van der Waals surface area contributed by atoms with Gasteiger partial charge < -0.3 is 5.11 Å². The van der Waals surface area contributed by atoms with Crippen LogP contribution >= 0.6 is 0 Å². The molecule has 0 bridgehead atoms. The standard InChI is InChI=1S/C8H15NO4S/c1-6(4-5-10)9-7(11)8(2,3)14(9,12)13/h6,10H,4-5H2,1-3H3. The number of aliphatic hydroxyl groups is 1. The molecule has 1 unspecified atom stereocenters. The maximum absolute atomic E-state index is 11.6. The molecule has 1 atom stereocenters. The van der Waals surface area contributed by atoms with E-state index < -0.39 is 26.7 Å². The highest BCUT2D eigenvalue weighted by molar-refractivity contribution is 7.94. The highest BCUT2D eigenvalue weighted by atomic mass is 32.2. The van der Waals surface area contributed by atoms with Crippen molar-refractivity contribution < 1.29 is 18.3 Å². The smallest absolute Gasteiger partial charge is 0.259 e. The number of rotatable bonds is 3. The van der Waals surface area contributed by atoms with Crippen molar-refractivity contribution >= 4 is 15.9 Å². The lowest BCUT2D eigenvalue weighted by atomic mass is 10.1. The normalized spacial score (nSPS) is 25.7. The van der Waals surface area contributed by atoms with Crippen LogP contribution in [0.1, 0.15) is 27.2 Å². The molecule has 0 aromatic carbocycles. The maximum Gasteiger partial charge on any atom is 0.259 e. The molecule has 1 rings (SSSR count). The molecule has 0 radical (unpaired) electrons. The Morgan fingerprint density at radius 1 is 1.50 bits per heavy atom. The Kier molecular flexibility index (Phi) is 2.62. The SMILES string of the molecule is CC(CCO)N1C(=O)C(C)(C)S1(=O)=O. The van der Waals surface area contributed by atoms with Crippen molar-refractivity contribution in [2.24, 2.45) is 0 Å². The predicted octanol–water partition coefficient (Wildman–Crippen LogP) is -0.292. The minimum Gasteiger partial charge on any atom is -0.396 e. The van der Waals surface area contributed by atoms with E-state index in [1.165, 1.54) is 13.8 Å². The number of sulfonamides is 1. The second-order valence-electron chi connectivity index (χ2n) is 3.98. The van der Waals surface area contributed by atoms with E-state index in [1.54, 1.807) is 6.92 Å². The summed E-state index contributed by atoms with van der Waals surface area (Å²) in [7, 11) is -3.50. The van der Waals surface area contributed by atoms with Gasteiger partial charge in [0, 0.05) is 12.6 Å². The van der Waals surface area contributed by atoms with Crippen LogP contribution < -0.4 is 0 Å². The summed E-state index contributed by atoms with van der Waals surface area (Å²) in [5.41, 5.74) is 0. The Labute approximate surface area is 83.8 Å². The monoisotopic (exact) mass is 221 g/mol. The molecule has 0 spiro atoms. The van der Waals surface area contributed by atoms with Crippen molar-refractivity contribution in [3.05, 3.63) is 0 Å². The van der Waals surface area contributed by atoms with Crippen LogP contribution in [0.2, 0.25) is 0 Å². The van der Waals surface area contributed by atoms with Gasteiger partial charge in [0.2, 0.25) is 0 Å². The predicted molar refractivity (Wildman–Crippen MR) is 51.0 cm³/mol. The number of carbonyl (C=O) groups excluding carboxylic acids is 1. The Morgan fingerprint density at radius 3 is 2.36 bits per heavy atom. The molecule has 1 heterocycles. The Hall–Kier alpha value is -0.620. The quantitative estimate of drug-likeness (QED) is 0.710. The largest absolute Gasteiger partial charge is 0.396 e. The molecule has 6 heteroatoms. The highest BCUT2D eigenvalue weighted by Crippen LogP contribution is 2.36. The van der Waals surface area contributed by atoms with Gasteiger partial charge in [-0.1, -0.05) is 0 Å². The summed E-state index contributed by atoms with van der Waals surface area (Å²) in [6.45, 7) is 4.28. The van der Waals surface area contributed by atoms with E-state index in [1.807, 2.05) is 0 Å². The fraction of sp³-hybridized carbons (Fsp3) is 0.875. The molecule has 0 aromatic heterocycles. The number of hydrogen-bond donors (Lipinski definition) is 1. The Balaban J connectivity index is 2.91. The third-order valence-electron chi connectivity index (χ3n) is 2.57. The fourth-order valence-corrected chi connectivity index (χ4v) is 3.14. The summed E-state index contributed by atoms with van der Waals surface area (Å²) in [6.07, 6.45) is 0.279. The molecule has 0 saturated carbocycles. The fourth-order valence-electron chi connectivity index (χ4n) is 1.43. The molecule has 1 aliphatic rings. The minimum absolute atomic E-state index is 0.124. The zero-order valence-corrected chi connectivity index (χ0v) is 9.34. The van der Waals surface area contributed by atoms with E-state index in [0.717, 1.165) is 4.31 Å². The first-order valence-corrected chi connectivity index (χ1v) is 5.90. The second-order valence-corrected chi connectivity index (χ2v) is 6.34. The van der Waals surface area contributed by atoms with E-state index in [2.05, 4.69) is 0 Å². The first-order chi connectivity index (χ1) is 6.26. The molecular weight excluding hydrogens is 206 g/mol. The van der Waals surface area contributed by atoms with E-state index in [4.69, 9.17) is 5.11 Å². The van der Waals surface area contributed by atoms with E-state index in [-0.39, 0.29) is 13.0 Å². The molecule has 1 fully saturated rings. The third kappa shape index (κ3) is 1.25. The van der Waals surface area contributed by atoms with E-state index >= 15 is 0 Å². The number of hydrogen-bond acceptors (Lipinski definition) is 4. The second kappa shape index (κ2) is 3.20. The molecule has 14 heavy (non-hydrogen) atoms. The molecule has 0 aromatic rings. The van der Waals surface area contributed by atoms with Crippen molar-refractivity contribution in [1.82, 2.24) is 4.31 Å². The topological polar surface area (TPSA) is 74.7 Å². The van der Waals surface area contributed by atoms with Crippen LogP contribution in [0, 0.1) is 0 Å². The van der Waals surface area contributed by atoms with Crippen molar-refractivity contribution in [3.63, 3.8) is 0 Å². The average molecular weight is 221 g/mol. The lowest BCUT2D eigenvalue weighted by Crippen LogP contribution is -2.69. The molecule has 1 saturated heterocycles. The lowest BCUT2D eigenvalue weighted by molar-refractivity contribution is -0.133. The first-order valence-electron chi connectivity index (χ1n) is 4.46. The van der Waals surface area contributed by atoms with Crippen LogP contribution in [0.4, 0.5) is 0 Å². The van der Waals surface area contributed by atoms with Crippen LogP contribution in [0.5, 0.6) is 0 Å². The summed E-state index contributed by atoms with van der Waals surface area (Å²) < 4.78 is 22.8. The van der Waals surface area contributed by atoms with E-state index in [0.29, 0.717) is 0 Å². The summed E-state index contributed by atoms with van der Waals surface area (Å²) in [4.78, 5) is 11.5. The van der Waals surface area contributed by atoms with Gasteiger partial charge in [-0.05, 0) is 27.2 Å². The van der Waals surface area contributed by atoms with Crippen LogP contribution in [0.3, 0.4) is 0 Å². The van der Waals surface area contributed by atoms with E-state index in [9.17, 15) is 13.2 Å². The molecule has 5 nitrogen and oxygen atoms in total. The molecule has 1 amide bonds. The molecule has 1 N–H and O–H groups in total. The van der Waals surface area contributed by atoms with Gasteiger partial charge in [-0.3, -0.25) is 4.79 Å². The summed E-state index contributed by atoms with van der Waals surface area (Å²) in [6, 6.07) is -0.453. The van der Waals surface area contributed by atoms with Crippen LogP contribution in [-0.4, -0.2) is 41.1 Å². The number of aliphatic hydroxyl groups excluding tert-OH is 1.